The van der Waals surface area contributed by atoms with E-state index in [2.05, 4.69) is 5.32 Å². The highest BCUT2D eigenvalue weighted by molar-refractivity contribution is 7.09. The molecule has 0 saturated carbocycles. The van der Waals surface area contributed by atoms with Crippen LogP contribution in [0.5, 0.6) is 0 Å². The molecule has 1 aromatic heterocycles. The molecule has 1 fully saturated rings. The minimum atomic E-state index is -0.979. The van der Waals surface area contributed by atoms with E-state index in [1.54, 1.807) is 11.3 Å². The van der Waals surface area contributed by atoms with E-state index < -0.39 is 11.6 Å². The van der Waals surface area contributed by atoms with Gasteiger partial charge in [0.1, 0.15) is 0 Å². The lowest BCUT2D eigenvalue weighted by Crippen LogP contribution is -2.37. The lowest BCUT2D eigenvalue weighted by atomic mass is 10.2. The Morgan fingerprint density at radius 3 is 2.88 bits per heavy atom. The molecule has 1 N–H and O–H groups in total. The van der Waals surface area contributed by atoms with Gasteiger partial charge in [-0.05, 0) is 36.4 Å². The lowest BCUT2D eigenvalue weighted by molar-refractivity contribution is -0.117. The molecule has 0 bridgehead atoms. The van der Waals surface area contributed by atoms with E-state index >= 15 is 0 Å². The van der Waals surface area contributed by atoms with Gasteiger partial charge in [0.25, 0.3) is 0 Å². The number of ether oxygens (including phenoxy) is 1. The van der Waals surface area contributed by atoms with Gasteiger partial charge in [0.2, 0.25) is 5.91 Å². The van der Waals surface area contributed by atoms with Gasteiger partial charge in [-0.3, -0.25) is 9.69 Å². The average molecular weight is 366 g/mol. The van der Waals surface area contributed by atoms with Crippen molar-refractivity contribution in [3.05, 3.63) is 52.2 Å². The van der Waals surface area contributed by atoms with Crippen LogP contribution >= 0.6 is 11.3 Å². The van der Waals surface area contributed by atoms with E-state index in [4.69, 9.17) is 4.74 Å². The first-order valence-electron chi connectivity index (χ1n) is 8.21. The summed E-state index contributed by atoms with van der Waals surface area (Å²) in [6.45, 7) is 2.25. The molecular weight excluding hydrogens is 346 g/mol. The van der Waals surface area contributed by atoms with Crippen LogP contribution < -0.4 is 5.32 Å². The normalized spacial score (nSPS) is 17.2. The molecule has 1 atom stereocenters. The second-order valence-corrected chi connectivity index (χ2v) is 7.09. The fraction of sp³-hybridized carbons (Fsp3) is 0.389. The third-order valence-electron chi connectivity index (χ3n) is 4.02. The van der Waals surface area contributed by atoms with Crippen LogP contribution in [0.4, 0.5) is 14.5 Å². The van der Waals surface area contributed by atoms with Crippen molar-refractivity contribution in [2.75, 3.05) is 25.0 Å². The molecule has 2 aromatic rings. The molecule has 0 radical (unpaired) electrons. The van der Waals surface area contributed by atoms with E-state index in [1.807, 2.05) is 22.4 Å². The maximum atomic E-state index is 13.3. The first-order chi connectivity index (χ1) is 12.1. The summed E-state index contributed by atoms with van der Waals surface area (Å²) < 4.78 is 31.9. The predicted octanol–water partition coefficient (Wildman–Crippen LogP) is 3.65. The molecule has 134 valence electrons. The maximum absolute atomic E-state index is 13.3. The first-order valence-corrected chi connectivity index (χ1v) is 9.09. The topological polar surface area (TPSA) is 41.6 Å². The van der Waals surface area contributed by atoms with Crippen molar-refractivity contribution >= 4 is 22.9 Å². The Balaban J connectivity index is 1.61. The number of thiophene rings is 1. The second-order valence-electron chi connectivity index (χ2n) is 6.06. The largest absolute Gasteiger partial charge is 0.377 e. The van der Waals surface area contributed by atoms with Crippen molar-refractivity contribution in [3.8, 4) is 0 Å². The van der Waals surface area contributed by atoms with Gasteiger partial charge >= 0.3 is 0 Å². The summed E-state index contributed by atoms with van der Waals surface area (Å²) >= 11 is 1.64. The number of nitrogens with one attached hydrogen (secondary N) is 1. The third-order valence-corrected chi connectivity index (χ3v) is 4.88. The number of carbonyl (C=O) groups excluding carboxylic acids is 1. The van der Waals surface area contributed by atoms with Crippen LogP contribution in [0.1, 0.15) is 17.7 Å². The summed E-state index contributed by atoms with van der Waals surface area (Å²) in [7, 11) is 0. The SMILES string of the molecule is O=C(CN(Cc1cccs1)C[C@@H]1CCCO1)Nc1ccc(F)c(F)c1. The van der Waals surface area contributed by atoms with Crippen LogP contribution in [0.2, 0.25) is 0 Å². The summed E-state index contributed by atoms with van der Waals surface area (Å²) in [6.07, 6.45) is 2.17. The monoisotopic (exact) mass is 366 g/mol. The average Bonchev–Trinajstić information content (AvgIpc) is 3.25. The van der Waals surface area contributed by atoms with Gasteiger partial charge in [-0.1, -0.05) is 6.07 Å². The molecule has 1 saturated heterocycles. The Kier molecular flexibility index (Phi) is 6.12. The minimum absolute atomic E-state index is 0.135. The van der Waals surface area contributed by atoms with Gasteiger partial charge in [-0.15, -0.1) is 11.3 Å². The molecule has 0 unspecified atom stereocenters. The van der Waals surface area contributed by atoms with Crippen molar-refractivity contribution in [1.29, 1.82) is 0 Å². The van der Waals surface area contributed by atoms with Crippen LogP contribution in [0.15, 0.2) is 35.7 Å². The standard InChI is InChI=1S/C18H20F2N2O2S/c19-16-6-5-13(9-17(16)20)21-18(23)12-22(10-14-3-1-7-24-14)11-15-4-2-8-25-15/h2,4-6,8-9,14H,1,3,7,10-12H2,(H,21,23)/t14-/m0/s1. The van der Waals surface area contributed by atoms with E-state index in [0.29, 0.717) is 13.1 Å². The van der Waals surface area contributed by atoms with Gasteiger partial charge in [-0.2, -0.15) is 0 Å². The first kappa shape index (κ1) is 18.0. The summed E-state index contributed by atoms with van der Waals surface area (Å²) in [5.41, 5.74) is 0.247. The van der Waals surface area contributed by atoms with Crippen molar-refractivity contribution in [2.45, 2.75) is 25.5 Å². The number of hydrogen-bond donors (Lipinski definition) is 1. The van der Waals surface area contributed by atoms with Crippen molar-refractivity contribution in [1.82, 2.24) is 4.90 Å². The lowest BCUT2D eigenvalue weighted by Gasteiger charge is -2.24. The highest BCUT2D eigenvalue weighted by Gasteiger charge is 2.21. The third kappa shape index (κ3) is 5.32. The van der Waals surface area contributed by atoms with Crippen molar-refractivity contribution < 1.29 is 18.3 Å². The quantitative estimate of drug-likeness (QED) is 0.813. The highest BCUT2D eigenvalue weighted by Crippen LogP contribution is 2.18. The zero-order valence-electron chi connectivity index (χ0n) is 13.7. The molecule has 0 spiro atoms. The number of anilines is 1. The molecule has 0 aliphatic carbocycles. The van der Waals surface area contributed by atoms with E-state index in [1.165, 1.54) is 10.9 Å². The number of amides is 1. The van der Waals surface area contributed by atoms with Gasteiger partial charge in [0, 0.05) is 36.3 Å². The van der Waals surface area contributed by atoms with Crippen LogP contribution in [-0.4, -0.2) is 36.6 Å². The van der Waals surface area contributed by atoms with Crippen LogP contribution in [0.3, 0.4) is 0 Å². The predicted molar refractivity (Wildman–Crippen MR) is 93.6 cm³/mol. The van der Waals surface area contributed by atoms with Crippen LogP contribution in [0, 0.1) is 11.6 Å². The molecule has 1 aliphatic heterocycles. The van der Waals surface area contributed by atoms with Crippen LogP contribution in [-0.2, 0) is 16.1 Å². The van der Waals surface area contributed by atoms with Crippen LogP contribution in [0.25, 0.3) is 0 Å². The Hall–Kier alpha value is -1.83. The Labute approximate surface area is 149 Å². The summed E-state index contributed by atoms with van der Waals surface area (Å²) in [4.78, 5) is 15.5. The summed E-state index contributed by atoms with van der Waals surface area (Å²) in [6, 6.07) is 7.34. The van der Waals surface area contributed by atoms with Crippen molar-refractivity contribution in [3.63, 3.8) is 0 Å². The van der Waals surface area contributed by atoms with E-state index in [9.17, 15) is 13.6 Å². The zero-order chi connectivity index (χ0) is 17.6. The molecule has 1 aromatic carbocycles. The highest BCUT2D eigenvalue weighted by atomic mass is 32.1. The number of nitrogens with zero attached hydrogens (tertiary/aromatic N) is 1. The van der Waals surface area contributed by atoms with Gasteiger partial charge < -0.3 is 10.1 Å². The van der Waals surface area contributed by atoms with E-state index in [0.717, 1.165) is 31.6 Å². The van der Waals surface area contributed by atoms with Crippen molar-refractivity contribution in [2.24, 2.45) is 0 Å². The smallest absolute Gasteiger partial charge is 0.238 e. The molecule has 2 heterocycles. The molecule has 4 nitrogen and oxygen atoms in total. The zero-order valence-corrected chi connectivity index (χ0v) is 14.5. The Bertz CT molecular complexity index is 703. The second kappa shape index (κ2) is 8.51. The summed E-state index contributed by atoms with van der Waals surface area (Å²) in [5, 5.41) is 4.62. The number of halogens is 2. The molecule has 1 aliphatic rings. The molecule has 3 rings (SSSR count). The molecule has 1 amide bonds. The van der Waals surface area contributed by atoms with Gasteiger partial charge in [0.05, 0.1) is 12.6 Å². The molecule has 25 heavy (non-hydrogen) atoms. The fourth-order valence-electron chi connectivity index (χ4n) is 2.86. The number of carbonyl (C=O) groups is 1. The number of rotatable bonds is 7. The van der Waals surface area contributed by atoms with E-state index in [-0.39, 0.29) is 24.2 Å². The Morgan fingerprint density at radius 1 is 1.32 bits per heavy atom. The summed E-state index contributed by atoms with van der Waals surface area (Å²) in [5.74, 6) is -2.18. The van der Waals surface area contributed by atoms with Gasteiger partial charge in [0.15, 0.2) is 11.6 Å². The number of hydrogen-bond acceptors (Lipinski definition) is 4. The minimum Gasteiger partial charge on any atom is -0.377 e. The number of benzene rings is 1. The Morgan fingerprint density at radius 2 is 2.20 bits per heavy atom. The maximum Gasteiger partial charge on any atom is 0.238 e. The fourth-order valence-corrected chi connectivity index (χ4v) is 3.61. The molecular formula is C18H20F2N2O2S. The van der Waals surface area contributed by atoms with Gasteiger partial charge in [-0.25, -0.2) is 8.78 Å². The molecule has 7 heteroatoms.